The molecule has 0 aromatic heterocycles. The van der Waals surface area contributed by atoms with Gasteiger partial charge in [0.2, 0.25) is 5.91 Å². The molecule has 0 atom stereocenters. The summed E-state index contributed by atoms with van der Waals surface area (Å²) in [5.41, 5.74) is 1.31. The molecule has 0 aliphatic heterocycles. The molecule has 1 amide bonds. The second kappa shape index (κ2) is 9.17. The van der Waals surface area contributed by atoms with Gasteiger partial charge in [0.25, 0.3) is 0 Å². The lowest BCUT2D eigenvalue weighted by Gasteiger charge is -2.13. The fourth-order valence-electron chi connectivity index (χ4n) is 1.48. The van der Waals surface area contributed by atoms with Gasteiger partial charge in [-0.2, -0.15) is 13.2 Å². The molecule has 0 aliphatic rings. The summed E-state index contributed by atoms with van der Waals surface area (Å²) in [5.74, 6) is -1.20. The number of rotatable bonds is 6. The minimum absolute atomic E-state index is 0. The zero-order chi connectivity index (χ0) is 15.2. The average molecular weight is 343 g/mol. The number of carbonyl (C=O) groups is 1. The normalized spacial score (nSPS) is 10.9. The molecule has 1 rings (SSSR count). The number of nitrogens with one attached hydrogen (secondary N) is 2. The lowest BCUT2D eigenvalue weighted by atomic mass is 10.2. The Balaban J connectivity index is 0.00000400. The van der Waals surface area contributed by atoms with Crippen LogP contribution in [-0.4, -0.2) is 31.4 Å². The van der Waals surface area contributed by atoms with E-state index in [2.05, 4.69) is 10.6 Å². The molecule has 1 aromatic rings. The molecule has 0 heterocycles. The molecule has 3 nitrogen and oxygen atoms in total. The topological polar surface area (TPSA) is 41.1 Å². The third-order valence-electron chi connectivity index (χ3n) is 2.40. The van der Waals surface area contributed by atoms with Crippen LogP contribution in [0.15, 0.2) is 23.1 Å². The SMILES string of the molecule is CNCCC(=O)Nc1cc(C)ccc1SCC(F)(F)F.Cl. The van der Waals surface area contributed by atoms with Crippen molar-refractivity contribution in [2.24, 2.45) is 0 Å². The van der Waals surface area contributed by atoms with Crippen LogP contribution in [0.5, 0.6) is 0 Å². The molecule has 0 saturated carbocycles. The van der Waals surface area contributed by atoms with Gasteiger partial charge >= 0.3 is 6.18 Å². The van der Waals surface area contributed by atoms with Crippen molar-refractivity contribution in [2.75, 3.05) is 24.7 Å². The molecular weight excluding hydrogens is 325 g/mol. The Morgan fingerprint density at radius 1 is 1.33 bits per heavy atom. The Morgan fingerprint density at radius 3 is 2.57 bits per heavy atom. The smallest absolute Gasteiger partial charge is 0.325 e. The molecule has 0 aliphatic carbocycles. The quantitative estimate of drug-likeness (QED) is 0.776. The Kier molecular flexibility index (Phi) is 8.77. The molecule has 0 spiro atoms. The van der Waals surface area contributed by atoms with Crippen molar-refractivity contribution in [3.05, 3.63) is 23.8 Å². The summed E-state index contributed by atoms with van der Waals surface area (Å²) in [6.07, 6.45) is -3.96. The van der Waals surface area contributed by atoms with E-state index in [0.29, 0.717) is 28.9 Å². The van der Waals surface area contributed by atoms with E-state index in [-0.39, 0.29) is 24.7 Å². The van der Waals surface area contributed by atoms with E-state index in [1.165, 1.54) is 0 Å². The fraction of sp³-hybridized carbons (Fsp3) is 0.462. The highest BCUT2D eigenvalue weighted by Gasteiger charge is 2.27. The van der Waals surface area contributed by atoms with E-state index in [0.717, 1.165) is 5.56 Å². The van der Waals surface area contributed by atoms with Crippen LogP contribution in [0.4, 0.5) is 18.9 Å². The molecule has 8 heteroatoms. The van der Waals surface area contributed by atoms with Gasteiger partial charge in [0.05, 0.1) is 11.4 Å². The van der Waals surface area contributed by atoms with Crippen LogP contribution in [0.25, 0.3) is 0 Å². The molecule has 120 valence electrons. The Morgan fingerprint density at radius 2 is 2.00 bits per heavy atom. The van der Waals surface area contributed by atoms with Crippen molar-refractivity contribution in [2.45, 2.75) is 24.4 Å². The average Bonchev–Trinajstić information content (AvgIpc) is 2.34. The van der Waals surface area contributed by atoms with E-state index < -0.39 is 11.9 Å². The van der Waals surface area contributed by atoms with Crippen molar-refractivity contribution in [1.82, 2.24) is 5.32 Å². The standard InChI is InChI=1S/C13H17F3N2OS.ClH/c1-9-3-4-11(20-8-13(14,15)16)10(7-9)18-12(19)5-6-17-2;/h3-4,7,17H,5-6,8H2,1-2H3,(H,18,19);1H. The van der Waals surface area contributed by atoms with Gasteiger partial charge in [-0.1, -0.05) is 6.07 Å². The van der Waals surface area contributed by atoms with Gasteiger partial charge in [-0.05, 0) is 31.7 Å². The number of halogens is 4. The molecule has 0 fully saturated rings. The monoisotopic (exact) mass is 342 g/mol. The van der Waals surface area contributed by atoms with Crippen molar-refractivity contribution in [1.29, 1.82) is 0 Å². The van der Waals surface area contributed by atoms with Gasteiger partial charge in [-0.15, -0.1) is 24.2 Å². The first-order valence-electron chi connectivity index (χ1n) is 6.06. The number of anilines is 1. The summed E-state index contributed by atoms with van der Waals surface area (Å²) in [4.78, 5) is 12.1. The van der Waals surface area contributed by atoms with Crippen LogP contribution in [-0.2, 0) is 4.79 Å². The summed E-state index contributed by atoms with van der Waals surface area (Å²) < 4.78 is 36.8. The summed E-state index contributed by atoms with van der Waals surface area (Å²) in [6.45, 7) is 2.34. The number of thioether (sulfide) groups is 1. The second-order valence-corrected chi connectivity index (χ2v) is 5.32. The Hall–Kier alpha value is -0.920. The highest BCUT2D eigenvalue weighted by Crippen LogP contribution is 2.32. The Labute approximate surface area is 132 Å². The fourth-order valence-corrected chi connectivity index (χ4v) is 2.23. The first-order valence-corrected chi connectivity index (χ1v) is 7.05. The molecule has 0 saturated heterocycles. The van der Waals surface area contributed by atoms with E-state index in [1.807, 2.05) is 6.92 Å². The van der Waals surface area contributed by atoms with E-state index in [4.69, 9.17) is 0 Å². The van der Waals surface area contributed by atoms with Crippen LogP contribution in [0, 0.1) is 6.92 Å². The molecule has 1 aromatic carbocycles. The zero-order valence-corrected chi connectivity index (χ0v) is 13.3. The molecule has 0 bridgehead atoms. The van der Waals surface area contributed by atoms with E-state index >= 15 is 0 Å². The number of benzene rings is 1. The summed E-state index contributed by atoms with van der Waals surface area (Å²) >= 11 is 0.673. The first kappa shape index (κ1) is 20.1. The van der Waals surface area contributed by atoms with Crippen LogP contribution in [0.1, 0.15) is 12.0 Å². The minimum atomic E-state index is -4.23. The van der Waals surface area contributed by atoms with Crippen LogP contribution in [0.2, 0.25) is 0 Å². The maximum Gasteiger partial charge on any atom is 0.398 e. The third-order valence-corrected chi connectivity index (χ3v) is 3.54. The van der Waals surface area contributed by atoms with Gasteiger partial charge in [-0.25, -0.2) is 0 Å². The van der Waals surface area contributed by atoms with Crippen LogP contribution < -0.4 is 10.6 Å². The van der Waals surface area contributed by atoms with Crippen molar-refractivity contribution >= 4 is 35.8 Å². The second-order valence-electron chi connectivity index (χ2n) is 4.31. The maximum atomic E-state index is 12.3. The van der Waals surface area contributed by atoms with E-state index in [9.17, 15) is 18.0 Å². The molecule has 21 heavy (non-hydrogen) atoms. The zero-order valence-electron chi connectivity index (χ0n) is 11.7. The van der Waals surface area contributed by atoms with E-state index in [1.54, 1.807) is 25.2 Å². The Bertz CT molecular complexity index is 469. The third kappa shape index (κ3) is 8.18. The lowest BCUT2D eigenvalue weighted by Crippen LogP contribution is -2.19. The van der Waals surface area contributed by atoms with Crippen molar-refractivity contribution < 1.29 is 18.0 Å². The summed E-state index contributed by atoms with van der Waals surface area (Å²) in [7, 11) is 1.73. The van der Waals surface area contributed by atoms with Gasteiger partial charge in [-0.3, -0.25) is 4.79 Å². The number of carbonyl (C=O) groups excluding carboxylic acids is 1. The maximum absolute atomic E-state index is 12.3. The predicted molar refractivity (Wildman–Crippen MR) is 82.4 cm³/mol. The largest absolute Gasteiger partial charge is 0.398 e. The number of hydrogen-bond acceptors (Lipinski definition) is 3. The lowest BCUT2D eigenvalue weighted by molar-refractivity contribution is -0.116. The van der Waals surface area contributed by atoms with Gasteiger partial charge in [0, 0.05) is 17.9 Å². The number of aryl methyl sites for hydroxylation is 1. The summed E-state index contributed by atoms with van der Waals surface area (Å²) in [6, 6.07) is 5.00. The van der Waals surface area contributed by atoms with Gasteiger partial charge in [0.15, 0.2) is 0 Å². The highest BCUT2D eigenvalue weighted by atomic mass is 35.5. The molecule has 0 unspecified atom stereocenters. The van der Waals surface area contributed by atoms with Crippen molar-refractivity contribution in [3.63, 3.8) is 0 Å². The molecular formula is C13H18ClF3N2OS. The van der Waals surface area contributed by atoms with Gasteiger partial charge < -0.3 is 10.6 Å². The number of alkyl halides is 3. The predicted octanol–water partition coefficient (Wildman–Crippen LogP) is 3.62. The summed E-state index contributed by atoms with van der Waals surface area (Å²) in [5, 5.41) is 5.50. The number of amides is 1. The first-order chi connectivity index (χ1) is 9.31. The molecule has 0 radical (unpaired) electrons. The van der Waals surface area contributed by atoms with Crippen LogP contribution in [0.3, 0.4) is 0 Å². The molecule has 2 N–H and O–H groups in total. The highest BCUT2D eigenvalue weighted by molar-refractivity contribution is 7.99. The number of hydrogen-bond donors (Lipinski definition) is 2. The van der Waals surface area contributed by atoms with Crippen LogP contribution >= 0.6 is 24.2 Å². The van der Waals surface area contributed by atoms with Crippen molar-refractivity contribution in [3.8, 4) is 0 Å². The minimum Gasteiger partial charge on any atom is -0.325 e. The van der Waals surface area contributed by atoms with Gasteiger partial charge in [0.1, 0.15) is 0 Å².